The number of carbonyl (C=O) groups excluding carboxylic acids is 2. The van der Waals surface area contributed by atoms with Crippen molar-refractivity contribution in [2.24, 2.45) is 5.41 Å². The number of benzene rings is 1. The molecule has 2 heterocycles. The normalized spacial score (nSPS) is 25.3. The number of rotatable bonds is 4. The number of hydrogen-bond acceptors (Lipinski definition) is 3. The van der Waals surface area contributed by atoms with Gasteiger partial charge in [-0.05, 0) is 43.1 Å². The molecule has 0 bridgehead atoms. The molecule has 2 amide bonds. The Morgan fingerprint density at radius 3 is 2.81 bits per heavy atom. The number of imide groups is 1. The van der Waals surface area contributed by atoms with Crippen molar-refractivity contribution >= 4 is 23.6 Å². The summed E-state index contributed by atoms with van der Waals surface area (Å²) >= 11 is 1.80. The van der Waals surface area contributed by atoms with Crippen LogP contribution in [-0.2, 0) is 16.0 Å². The van der Waals surface area contributed by atoms with Crippen LogP contribution in [0.15, 0.2) is 24.3 Å². The predicted octanol–water partition coefficient (Wildman–Crippen LogP) is 2.81. The summed E-state index contributed by atoms with van der Waals surface area (Å²) in [6.45, 7) is 2.67. The first-order chi connectivity index (χ1) is 10.1. The van der Waals surface area contributed by atoms with Gasteiger partial charge in [0.15, 0.2) is 0 Å². The lowest BCUT2D eigenvalue weighted by molar-refractivity contribution is -0.141. The highest BCUT2D eigenvalue weighted by Gasteiger charge is 2.52. The van der Waals surface area contributed by atoms with Gasteiger partial charge < -0.3 is 0 Å². The van der Waals surface area contributed by atoms with E-state index in [1.165, 1.54) is 16.0 Å². The van der Waals surface area contributed by atoms with Crippen molar-refractivity contribution in [2.75, 3.05) is 18.1 Å². The van der Waals surface area contributed by atoms with E-state index in [1.807, 2.05) is 12.1 Å². The van der Waals surface area contributed by atoms with E-state index in [9.17, 15) is 9.59 Å². The Balaban J connectivity index is 1.59. The molecule has 21 heavy (non-hydrogen) atoms. The Kier molecular flexibility index (Phi) is 4.07. The van der Waals surface area contributed by atoms with Crippen LogP contribution in [0.5, 0.6) is 0 Å². The minimum absolute atomic E-state index is 0.0345. The van der Waals surface area contributed by atoms with Gasteiger partial charge in [0.1, 0.15) is 0 Å². The van der Waals surface area contributed by atoms with Gasteiger partial charge in [-0.15, -0.1) is 0 Å². The second kappa shape index (κ2) is 5.84. The Morgan fingerprint density at radius 2 is 2.10 bits per heavy atom. The largest absolute Gasteiger partial charge is 0.282 e. The molecule has 1 aromatic rings. The van der Waals surface area contributed by atoms with Gasteiger partial charge in [0.05, 0.1) is 5.41 Å². The highest BCUT2D eigenvalue weighted by Crippen LogP contribution is 2.44. The highest BCUT2D eigenvalue weighted by atomic mass is 32.2. The Morgan fingerprint density at radius 1 is 1.29 bits per heavy atom. The zero-order valence-electron chi connectivity index (χ0n) is 12.4. The van der Waals surface area contributed by atoms with Crippen molar-refractivity contribution in [3.63, 3.8) is 0 Å². The maximum atomic E-state index is 12.5. The summed E-state index contributed by atoms with van der Waals surface area (Å²) in [5, 5.41) is 0. The lowest BCUT2D eigenvalue weighted by atomic mass is 9.86. The van der Waals surface area contributed by atoms with Gasteiger partial charge in [-0.25, -0.2) is 0 Å². The van der Waals surface area contributed by atoms with E-state index in [4.69, 9.17) is 0 Å². The molecule has 0 saturated carbocycles. The highest BCUT2D eigenvalue weighted by molar-refractivity contribution is 7.99. The minimum Gasteiger partial charge on any atom is -0.282 e. The fourth-order valence-electron chi connectivity index (χ4n) is 3.32. The van der Waals surface area contributed by atoms with Crippen molar-refractivity contribution in [2.45, 2.75) is 32.6 Å². The third kappa shape index (κ3) is 2.73. The topological polar surface area (TPSA) is 37.4 Å². The summed E-state index contributed by atoms with van der Waals surface area (Å²) in [7, 11) is 0. The molecule has 3 rings (SSSR count). The van der Waals surface area contributed by atoms with E-state index >= 15 is 0 Å². The molecular weight excluding hydrogens is 282 g/mol. The zero-order chi connectivity index (χ0) is 14.9. The maximum Gasteiger partial charge on any atom is 0.236 e. The number of thioether (sulfide) groups is 1. The summed E-state index contributed by atoms with van der Waals surface area (Å²) in [6.07, 6.45) is 3.08. The fraction of sp³-hybridized carbons (Fsp3) is 0.529. The van der Waals surface area contributed by atoms with Crippen LogP contribution in [0, 0.1) is 12.3 Å². The van der Waals surface area contributed by atoms with Gasteiger partial charge in [-0.2, -0.15) is 11.8 Å². The van der Waals surface area contributed by atoms with Gasteiger partial charge >= 0.3 is 0 Å². The van der Waals surface area contributed by atoms with E-state index < -0.39 is 0 Å². The number of amides is 2. The Hall–Kier alpha value is -1.29. The van der Waals surface area contributed by atoms with E-state index in [-0.39, 0.29) is 17.2 Å². The van der Waals surface area contributed by atoms with Gasteiger partial charge in [0.25, 0.3) is 0 Å². The van der Waals surface area contributed by atoms with Crippen LogP contribution in [0.4, 0.5) is 0 Å². The first-order valence-corrected chi connectivity index (χ1v) is 8.75. The molecule has 0 unspecified atom stereocenters. The van der Waals surface area contributed by atoms with E-state index in [2.05, 4.69) is 19.1 Å². The monoisotopic (exact) mass is 303 g/mol. The van der Waals surface area contributed by atoms with Crippen molar-refractivity contribution in [3.05, 3.63) is 35.4 Å². The molecule has 4 heteroatoms. The fourth-order valence-corrected chi connectivity index (χ4v) is 4.76. The molecule has 2 fully saturated rings. The molecule has 2 aliphatic heterocycles. The number of nitrogens with zero attached hydrogens (tertiary/aromatic N) is 1. The maximum absolute atomic E-state index is 12.5. The lowest BCUT2D eigenvalue weighted by Gasteiger charge is -2.20. The van der Waals surface area contributed by atoms with Crippen molar-refractivity contribution in [1.82, 2.24) is 4.90 Å². The second-order valence-corrected chi connectivity index (χ2v) is 7.25. The van der Waals surface area contributed by atoms with Gasteiger partial charge in [-0.3, -0.25) is 14.5 Å². The van der Waals surface area contributed by atoms with Gasteiger partial charge in [0, 0.05) is 18.7 Å². The van der Waals surface area contributed by atoms with E-state index in [1.54, 1.807) is 11.8 Å². The van der Waals surface area contributed by atoms with Crippen LogP contribution in [0.25, 0.3) is 0 Å². The van der Waals surface area contributed by atoms with E-state index in [0.717, 1.165) is 30.8 Å². The third-order valence-corrected chi connectivity index (χ3v) is 5.93. The first kappa shape index (κ1) is 14.6. The molecule has 3 nitrogen and oxygen atoms in total. The second-order valence-electron chi connectivity index (χ2n) is 6.14. The van der Waals surface area contributed by atoms with Crippen LogP contribution in [0.2, 0.25) is 0 Å². The number of aryl methyl sites for hydroxylation is 2. The van der Waals surface area contributed by atoms with Crippen LogP contribution in [-0.4, -0.2) is 34.8 Å². The van der Waals surface area contributed by atoms with E-state index in [0.29, 0.717) is 13.0 Å². The third-order valence-electron chi connectivity index (χ3n) is 4.68. The van der Waals surface area contributed by atoms with Crippen molar-refractivity contribution in [3.8, 4) is 0 Å². The molecular formula is C17H21NO2S. The zero-order valence-corrected chi connectivity index (χ0v) is 13.2. The number of hydrogen-bond donors (Lipinski definition) is 0. The number of likely N-dealkylation sites (tertiary alicyclic amines) is 1. The molecule has 2 aliphatic rings. The molecule has 2 saturated heterocycles. The van der Waals surface area contributed by atoms with Crippen molar-refractivity contribution in [1.29, 1.82) is 0 Å². The summed E-state index contributed by atoms with van der Waals surface area (Å²) in [6, 6.07) is 8.30. The predicted molar refractivity (Wildman–Crippen MR) is 85.2 cm³/mol. The van der Waals surface area contributed by atoms with Crippen LogP contribution in [0.1, 0.15) is 30.4 Å². The molecule has 0 aromatic heterocycles. The van der Waals surface area contributed by atoms with Gasteiger partial charge in [0.2, 0.25) is 11.8 Å². The Labute approximate surface area is 130 Å². The molecule has 0 radical (unpaired) electrons. The number of carbonyl (C=O) groups is 2. The van der Waals surface area contributed by atoms with Gasteiger partial charge in [-0.1, -0.05) is 24.3 Å². The summed E-state index contributed by atoms with van der Waals surface area (Å²) in [4.78, 5) is 26.2. The molecule has 0 aliphatic carbocycles. The SMILES string of the molecule is Cc1ccccc1CCCN1C(=O)C[C@@]2(CCSC2)C1=O. The van der Waals surface area contributed by atoms with Crippen LogP contribution >= 0.6 is 11.8 Å². The molecule has 1 aromatic carbocycles. The summed E-state index contributed by atoms with van der Waals surface area (Å²) in [5.41, 5.74) is 2.23. The summed E-state index contributed by atoms with van der Waals surface area (Å²) < 4.78 is 0. The van der Waals surface area contributed by atoms with Crippen LogP contribution in [0.3, 0.4) is 0 Å². The Bertz CT molecular complexity index is 564. The summed E-state index contributed by atoms with van der Waals surface area (Å²) in [5.74, 6) is 1.96. The molecule has 1 spiro atoms. The average Bonchev–Trinajstić information content (AvgIpc) is 3.02. The average molecular weight is 303 g/mol. The molecule has 112 valence electrons. The standard InChI is InChI=1S/C17H21NO2S/c1-13-5-2-3-6-14(13)7-4-9-18-15(19)11-17(16(18)20)8-10-21-12-17/h2-3,5-6H,4,7-12H2,1H3/t17-/m1/s1. The minimum atomic E-state index is -0.357. The lowest BCUT2D eigenvalue weighted by Crippen LogP contribution is -2.36. The smallest absolute Gasteiger partial charge is 0.236 e. The first-order valence-electron chi connectivity index (χ1n) is 7.59. The van der Waals surface area contributed by atoms with Crippen LogP contribution < -0.4 is 0 Å². The molecule has 0 N–H and O–H groups in total. The quantitative estimate of drug-likeness (QED) is 0.803. The van der Waals surface area contributed by atoms with Crippen molar-refractivity contribution < 1.29 is 9.59 Å². The molecule has 1 atom stereocenters.